The van der Waals surface area contributed by atoms with E-state index in [-0.39, 0.29) is 22.4 Å². The lowest BCUT2D eigenvalue weighted by molar-refractivity contribution is -0.139. The molecule has 104 valence electrons. The molecule has 1 amide bonds. The highest BCUT2D eigenvalue weighted by molar-refractivity contribution is 9.10. The number of methoxy groups -OCH3 is 1. The molecular formula is C13H21Br2NO2. The van der Waals surface area contributed by atoms with Crippen molar-refractivity contribution in [2.45, 2.75) is 56.1 Å². The Labute approximate surface area is 126 Å². The van der Waals surface area contributed by atoms with Gasteiger partial charge in [-0.25, -0.2) is 0 Å². The molecule has 18 heavy (non-hydrogen) atoms. The van der Waals surface area contributed by atoms with Gasteiger partial charge in [-0.05, 0) is 12.8 Å². The Balaban J connectivity index is 2.23. The van der Waals surface area contributed by atoms with Gasteiger partial charge >= 0.3 is 0 Å². The summed E-state index contributed by atoms with van der Waals surface area (Å²) >= 11 is 7.28. The van der Waals surface area contributed by atoms with Crippen LogP contribution in [0.25, 0.3) is 0 Å². The molecule has 2 rings (SSSR count). The molecular weight excluding hydrogens is 362 g/mol. The van der Waals surface area contributed by atoms with Crippen LogP contribution in [0, 0.1) is 5.41 Å². The molecule has 0 bridgehead atoms. The average molecular weight is 383 g/mol. The quantitative estimate of drug-likeness (QED) is 0.553. The minimum Gasteiger partial charge on any atom is -0.371 e. The van der Waals surface area contributed by atoms with Gasteiger partial charge in [0.2, 0.25) is 0 Å². The third kappa shape index (κ3) is 2.27. The highest BCUT2D eigenvalue weighted by atomic mass is 79.9. The molecule has 0 spiro atoms. The van der Waals surface area contributed by atoms with Gasteiger partial charge in [0.15, 0.2) is 0 Å². The number of hydrogen-bond donors (Lipinski definition) is 0. The van der Waals surface area contributed by atoms with E-state index < -0.39 is 0 Å². The first-order chi connectivity index (χ1) is 8.56. The monoisotopic (exact) mass is 381 g/mol. The van der Waals surface area contributed by atoms with Gasteiger partial charge in [-0.3, -0.25) is 4.79 Å². The Bertz CT molecular complexity index is 320. The summed E-state index contributed by atoms with van der Waals surface area (Å²) in [5, 5.41) is 0.753. The zero-order valence-corrected chi connectivity index (χ0v) is 14.2. The summed E-state index contributed by atoms with van der Waals surface area (Å²) in [4.78, 5) is 14.7. The van der Waals surface area contributed by atoms with Gasteiger partial charge in [-0.1, -0.05) is 58.0 Å². The van der Waals surface area contributed by atoms with E-state index in [1.54, 1.807) is 7.11 Å². The molecule has 2 fully saturated rings. The van der Waals surface area contributed by atoms with Crippen LogP contribution in [0.4, 0.5) is 0 Å². The first-order valence-electron chi connectivity index (χ1n) is 6.61. The maximum atomic E-state index is 12.6. The van der Waals surface area contributed by atoms with Crippen LogP contribution in [0.15, 0.2) is 0 Å². The van der Waals surface area contributed by atoms with Crippen molar-refractivity contribution >= 4 is 37.8 Å². The van der Waals surface area contributed by atoms with Crippen LogP contribution in [0.1, 0.15) is 39.0 Å². The standard InChI is InChI=1S/C13H21Br2NO2/c1-13(8-14)10(18-2)11(17)16(12(13)15)9-6-4-3-5-7-9/h9-10,12H,3-8H2,1-2H3/t10-,12-,13+/m1/s1. The molecule has 1 saturated carbocycles. The number of likely N-dealkylation sites (tertiary alicyclic amines) is 1. The number of ether oxygens (including phenoxy) is 1. The summed E-state index contributed by atoms with van der Waals surface area (Å²) in [7, 11) is 1.63. The van der Waals surface area contributed by atoms with Crippen molar-refractivity contribution < 1.29 is 9.53 Å². The number of alkyl halides is 2. The molecule has 2 aliphatic rings. The molecule has 1 aliphatic carbocycles. The van der Waals surface area contributed by atoms with Gasteiger partial charge in [0.25, 0.3) is 5.91 Å². The van der Waals surface area contributed by atoms with E-state index in [1.165, 1.54) is 19.3 Å². The van der Waals surface area contributed by atoms with Gasteiger partial charge in [0.1, 0.15) is 6.10 Å². The van der Waals surface area contributed by atoms with Crippen molar-refractivity contribution in [3.05, 3.63) is 0 Å². The van der Waals surface area contributed by atoms with Gasteiger partial charge in [0.05, 0.1) is 4.95 Å². The minimum absolute atomic E-state index is 0.0601. The Morgan fingerprint density at radius 3 is 2.44 bits per heavy atom. The van der Waals surface area contributed by atoms with E-state index in [0.717, 1.165) is 18.2 Å². The van der Waals surface area contributed by atoms with Crippen molar-refractivity contribution in [2.24, 2.45) is 5.41 Å². The zero-order valence-electron chi connectivity index (χ0n) is 11.0. The highest BCUT2D eigenvalue weighted by Gasteiger charge is 2.57. The smallest absolute Gasteiger partial charge is 0.253 e. The molecule has 0 aromatic heterocycles. The van der Waals surface area contributed by atoms with Crippen molar-refractivity contribution in [2.75, 3.05) is 12.4 Å². The van der Waals surface area contributed by atoms with E-state index >= 15 is 0 Å². The molecule has 0 radical (unpaired) electrons. The van der Waals surface area contributed by atoms with Gasteiger partial charge in [0, 0.05) is 23.9 Å². The Kier molecular flexibility index (Phi) is 4.76. The lowest BCUT2D eigenvalue weighted by atomic mass is 9.89. The van der Waals surface area contributed by atoms with E-state index in [4.69, 9.17) is 4.74 Å². The van der Waals surface area contributed by atoms with Gasteiger partial charge in [-0.2, -0.15) is 0 Å². The van der Waals surface area contributed by atoms with Crippen molar-refractivity contribution in [3.63, 3.8) is 0 Å². The molecule has 1 aliphatic heterocycles. The lowest BCUT2D eigenvalue weighted by Gasteiger charge is -2.36. The number of rotatable bonds is 3. The number of amides is 1. The fourth-order valence-electron chi connectivity index (χ4n) is 3.20. The van der Waals surface area contributed by atoms with Crippen molar-refractivity contribution in [1.29, 1.82) is 0 Å². The fraction of sp³-hybridized carbons (Fsp3) is 0.923. The largest absolute Gasteiger partial charge is 0.371 e. The predicted molar refractivity (Wildman–Crippen MR) is 79.1 cm³/mol. The maximum Gasteiger partial charge on any atom is 0.253 e. The summed E-state index contributed by atoms with van der Waals surface area (Å²) in [6, 6.07) is 0.383. The van der Waals surface area contributed by atoms with Crippen LogP contribution in [-0.4, -0.2) is 40.3 Å². The molecule has 1 saturated heterocycles. The number of hydrogen-bond acceptors (Lipinski definition) is 2. The molecule has 0 aromatic carbocycles. The summed E-state index contributed by atoms with van der Waals surface area (Å²) in [5.74, 6) is 0.147. The zero-order chi connectivity index (χ0) is 13.3. The molecule has 1 heterocycles. The number of carbonyl (C=O) groups excluding carboxylic acids is 1. The maximum absolute atomic E-state index is 12.6. The van der Waals surface area contributed by atoms with Crippen LogP contribution in [0.5, 0.6) is 0 Å². The van der Waals surface area contributed by atoms with Crippen LogP contribution < -0.4 is 0 Å². The third-order valence-electron chi connectivity index (χ3n) is 4.36. The van der Waals surface area contributed by atoms with E-state index in [9.17, 15) is 4.79 Å². The van der Waals surface area contributed by atoms with Crippen molar-refractivity contribution in [3.8, 4) is 0 Å². The number of carbonyl (C=O) groups is 1. The minimum atomic E-state index is -0.344. The lowest BCUT2D eigenvalue weighted by Crippen LogP contribution is -2.43. The van der Waals surface area contributed by atoms with Crippen LogP contribution in [-0.2, 0) is 9.53 Å². The van der Waals surface area contributed by atoms with Crippen LogP contribution in [0.3, 0.4) is 0 Å². The van der Waals surface area contributed by atoms with E-state index in [1.807, 2.05) is 4.90 Å². The van der Waals surface area contributed by atoms with Crippen LogP contribution in [0.2, 0.25) is 0 Å². The number of halogens is 2. The SMILES string of the molecule is CO[C@@H]1C(=O)N(C2CCCCC2)[C@@H](Br)[C@@]1(C)CBr. The normalized spacial score (nSPS) is 38.4. The van der Waals surface area contributed by atoms with E-state index in [0.29, 0.717) is 6.04 Å². The first kappa shape index (κ1) is 14.8. The Hall–Kier alpha value is 0.390. The summed E-state index contributed by atoms with van der Waals surface area (Å²) in [6.07, 6.45) is 5.68. The second-order valence-electron chi connectivity index (χ2n) is 5.63. The molecule has 3 atom stereocenters. The van der Waals surface area contributed by atoms with Gasteiger partial charge in [-0.15, -0.1) is 0 Å². The van der Waals surface area contributed by atoms with Crippen LogP contribution >= 0.6 is 31.9 Å². The summed E-state index contributed by atoms with van der Waals surface area (Å²) < 4.78 is 5.47. The second kappa shape index (κ2) is 5.80. The number of nitrogens with zero attached hydrogens (tertiary/aromatic N) is 1. The highest BCUT2D eigenvalue weighted by Crippen LogP contribution is 2.46. The van der Waals surface area contributed by atoms with E-state index in [2.05, 4.69) is 38.8 Å². The average Bonchev–Trinajstić information content (AvgIpc) is 2.59. The molecule has 0 aromatic rings. The van der Waals surface area contributed by atoms with Crippen molar-refractivity contribution in [1.82, 2.24) is 4.90 Å². The summed E-state index contributed by atoms with van der Waals surface area (Å²) in [5.41, 5.74) is -0.205. The predicted octanol–water partition coefficient (Wildman–Crippen LogP) is 3.30. The molecule has 5 heteroatoms. The topological polar surface area (TPSA) is 29.5 Å². The Morgan fingerprint density at radius 1 is 1.39 bits per heavy atom. The second-order valence-corrected chi connectivity index (χ2v) is 7.06. The Morgan fingerprint density at radius 2 is 2.00 bits per heavy atom. The molecule has 0 N–H and O–H groups in total. The molecule has 0 unspecified atom stereocenters. The molecule has 3 nitrogen and oxygen atoms in total. The fourth-order valence-corrected chi connectivity index (χ4v) is 5.17. The third-order valence-corrected chi connectivity index (χ3v) is 7.05. The van der Waals surface area contributed by atoms with Gasteiger partial charge < -0.3 is 9.64 Å². The first-order valence-corrected chi connectivity index (χ1v) is 8.65. The summed E-state index contributed by atoms with van der Waals surface area (Å²) in [6.45, 7) is 2.11.